The van der Waals surface area contributed by atoms with Crippen LogP contribution in [0.5, 0.6) is 0 Å². The summed E-state index contributed by atoms with van der Waals surface area (Å²) in [6, 6.07) is 7.97. The Hall–Kier alpha value is -1.69. The van der Waals surface area contributed by atoms with Crippen molar-refractivity contribution in [3.05, 3.63) is 52.2 Å². The van der Waals surface area contributed by atoms with Gasteiger partial charge < -0.3 is 4.42 Å². The molecule has 0 amide bonds. The van der Waals surface area contributed by atoms with Gasteiger partial charge in [-0.3, -0.25) is 11.3 Å². The van der Waals surface area contributed by atoms with Crippen molar-refractivity contribution < 1.29 is 4.42 Å². The first kappa shape index (κ1) is 12.3. The highest BCUT2D eigenvalue weighted by molar-refractivity contribution is 7.09. The normalized spacial score (nSPS) is 12.9. The number of nitrogens with one attached hydrogen (secondary N) is 1. The van der Waals surface area contributed by atoms with Crippen molar-refractivity contribution in [3.63, 3.8) is 0 Å². The van der Waals surface area contributed by atoms with Gasteiger partial charge in [-0.05, 0) is 13.0 Å². The van der Waals surface area contributed by atoms with Crippen molar-refractivity contribution in [2.75, 3.05) is 0 Å². The topological polar surface area (TPSA) is 64.1 Å². The molecule has 0 bridgehead atoms. The third kappa shape index (κ3) is 2.40. The van der Waals surface area contributed by atoms with Gasteiger partial charge in [0.15, 0.2) is 0 Å². The zero-order valence-corrected chi connectivity index (χ0v) is 11.4. The minimum Gasteiger partial charge on any atom is -0.464 e. The molecule has 19 heavy (non-hydrogen) atoms. The Kier molecular flexibility index (Phi) is 3.33. The number of nitrogens with two attached hydrogens (primary N) is 1. The van der Waals surface area contributed by atoms with E-state index in [1.807, 2.05) is 31.2 Å². The molecule has 0 fully saturated rings. The van der Waals surface area contributed by atoms with Crippen molar-refractivity contribution >= 4 is 22.3 Å². The summed E-state index contributed by atoms with van der Waals surface area (Å²) in [5, 5.41) is 4.24. The van der Waals surface area contributed by atoms with Crippen LogP contribution in [-0.4, -0.2) is 4.98 Å². The molecule has 0 aliphatic carbocycles. The highest BCUT2D eigenvalue weighted by atomic mass is 32.1. The van der Waals surface area contributed by atoms with E-state index >= 15 is 0 Å². The fourth-order valence-electron chi connectivity index (χ4n) is 2.24. The zero-order chi connectivity index (χ0) is 13.2. The lowest BCUT2D eigenvalue weighted by Gasteiger charge is -2.13. The number of aryl methyl sites for hydroxylation is 1. The van der Waals surface area contributed by atoms with Crippen molar-refractivity contribution in [2.24, 2.45) is 5.84 Å². The largest absolute Gasteiger partial charge is 0.464 e. The van der Waals surface area contributed by atoms with E-state index in [1.54, 1.807) is 17.6 Å². The minimum absolute atomic E-state index is 0.00477. The van der Waals surface area contributed by atoms with E-state index in [1.165, 1.54) is 0 Å². The first-order chi connectivity index (χ1) is 9.28. The zero-order valence-electron chi connectivity index (χ0n) is 10.6. The summed E-state index contributed by atoms with van der Waals surface area (Å²) in [7, 11) is 0. The van der Waals surface area contributed by atoms with Crippen LogP contribution in [-0.2, 0) is 6.42 Å². The highest BCUT2D eigenvalue weighted by Gasteiger charge is 2.17. The molecule has 3 rings (SSSR count). The Morgan fingerprint density at radius 1 is 1.42 bits per heavy atom. The van der Waals surface area contributed by atoms with Crippen molar-refractivity contribution in [2.45, 2.75) is 19.4 Å². The van der Waals surface area contributed by atoms with Crippen LogP contribution in [0, 0.1) is 6.92 Å². The molecule has 1 unspecified atom stereocenters. The summed E-state index contributed by atoms with van der Waals surface area (Å²) in [4.78, 5) is 4.48. The number of hydrogen-bond donors (Lipinski definition) is 2. The Bertz CT molecular complexity index is 689. The fourth-order valence-corrected chi connectivity index (χ4v) is 2.86. The van der Waals surface area contributed by atoms with Gasteiger partial charge in [0.1, 0.15) is 5.58 Å². The average molecular weight is 273 g/mol. The third-order valence-corrected chi connectivity index (χ3v) is 3.99. The molecule has 0 spiro atoms. The number of hydrogen-bond acceptors (Lipinski definition) is 5. The Morgan fingerprint density at radius 2 is 2.26 bits per heavy atom. The number of benzene rings is 1. The summed E-state index contributed by atoms with van der Waals surface area (Å²) in [6.07, 6.45) is 2.53. The van der Waals surface area contributed by atoms with Gasteiger partial charge in [0.2, 0.25) is 0 Å². The Labute approximate surface area is 115 Å². The van der Waals surface area contributed by atoms with Crippen LogP contribution in [0.4, 0.5) is 0 Å². The lowest BCUT2D eigenvalue weighted by molar-refractivity contribution is 0.533. The number of nitrogens with zero attached hydrogens (tertiary/aromatic N) is 1. The summed E-state index contributed by atoms with van der Waals surface area (Å²) in [5.74, 6) is 5.69. The van der Waals surface area contributed by atoms with Gasteiger partial charge in [0, 0.05) is 22.8 Å². The highest BCUT2D eigenvalue weighted by Crippen LogP contribution is 2.28. The van der Waals surface area contributed by atoms with Crippen LogP contribution >= 0.6 is 11.3 Å². The lowest BCUT2D eigenvalue weighted by Crippen LogP contribution is -2.29. The molecule has 1 aromatic carbocycles. The SMILES string of the molecule is Cc1nc(CC(NN)c2coc3ccccc23)cs1. The quantitative estimate of drug-likeness (QED) is 0.566. The number of thiazole rings is 1. The van der Waals surface area contributed by atoms with Crippen LogP contribution in [0.3, 0.4) is 0 Å². The molecule has 4 nitrogen and oxygen atoms in total. The molecule has 2 heterocycles. The predicted molar refractivity (Wildman–Crippen MR) is 76.8 cm³/mol. The Balaban J connectivity index is 1.93. The van der Waals surface area contributed by atoms with Gasteiger partial charge in [0.05, 0.1) is 23.0 Å². The van der Waals surface area contributed by atoms with Gasteiger partial charge >= 0.3 is 0 Å². The second-order valence-corrected chi connectivity index (χ2v) is 5.53. The van der Waals surface area contributed by atoms with Crippen LogP contribution in [0.25, 0.3) is 11.0 Å². The van der Waals surface area contributed by atoms with Crippen LogP contribution < -0.4 is 11.3 Å². The molecule has 0 saturated carbocycles. The molecule has 98 valence electrons. The number of hydrazine groups is 1. The third-order valence-electron chi connectivity index (χ3n) is 3.17. The molecular weight excluding hydrogens is 258 g/mol. The maximum Gasteiger partial charge on any atom is 0.134 e. The maximum absolute atomic E-state index is 5.69. The minimum atomic E-state index is 0.00477. The van der Waals surface area contributed by atoms with E-state index in [2.05, 4.69) is 15.8 Å². The first-order valence-electron chi connectivity index (χ1n) is 6.11. The number of para-hydroxylation sites is 1. The van der Waals surface area contributed by atoms with Crippen LogP contribution in [0.2, 0.25) is 0 Å². The number of rotatable bonds is 4. The van der Waals surface area contributed by atoms with Crippen molar-refractivity contribution in [1.82, 2.24) is 10.4 Å². The van der Waals surface area contributed by atoms with Crippen LogP contribution in [0.15, 0.2) is 40.3 Å². The molecule has 0 aliphatic rings. The summed E-state index contributed by atoms with van der Waals surface area (Å²) in [5.41, 5.74) is 5.87. The number of furan rings is 1. The molecule has 0 radical (unpaired) electrons. The van der Waals surface area contributed by atoms with Gasteiger partial charge in [-0.2, -0.15) is 0 Å². The molecule has 3 aromatic rings. The van der Waals surface area contributed by atoms with Crippen LogP contribution in [0.1, 0.15) is 22.3 Å². The van der Waals surface area contributed by atoms with E-state index in [0.717, 1.165) is 33.7 Å². The Morgan fingerprint density at radius 3 is 3.00 bits per heavy atom. The monoisotopic (exact) mass is 273 g/mol. The summed E-state index contributed by atoms with van der Waals surface area (Å²) < 4.78 is 5.56. The number of fused-ring (bicyclic) bond motifs is 1. The molecule has 0 saturated heterocycles. The van der Waals surface area contributed by atoms with E-state index < -0.39 is 0 Å². The molecule has 3 N–H and O–H groups in total. The standard InChI is InChI=1S/C14H15N3OS/c1-9-16-10(8-19-9)6-13(17-15)12-7-18-14-5-3-2-4-11(12)14/h2-5,7-8,13,17H,6,15H2,1H3. The van der Waals surface area contributed by atoms with E-state index in [0.29, 0.717) is 0 Å². The van der Waals surface area contributed by atoms with E-state index in [4.69, 9.17) is 10.3 Å². The molecule has 5 heteroatoms. The smallest absolute Gasteiger partial charge is 0.134 e. The lowest BCUT2D eigenvalue weighted by atomic mass is 10.0. The fraction of sp³-hybridized carbons (Fsp3) is 0.214. The van der Waals surface area contributed by atoms with Gasteiger partial charge in [0.25, 0.3) is 0 Å². The van der Waals surface area contributed by atoms with Gasteiger partial charge in [-0.1, -0.05) is 18.2 Å². The first-order valence-corrected chi connectivity index (χ1v) is 6.99. The van der Waals surface area contributed by atoms with E-state index in [-0.39, 0.29) is 6.04 Å². The van der Waals surface area contributed by atoms with Crippen molar-refractivity contribution in [3.8, 4) is 0 Å². The number of aromatic nitrogens is 1. The van der Waals surface area contributed by atoms with Gasteiger partial charge in [-0.25, -0.2) is 4.98 Å². The molecule has 2 aromatic heterocycles. The average Bonchev–Trinajstić information content (AvgIpc) is 3.02. The van der Waals surface area contributed by atoms with Crippen molar-refractivity contribution in [1.29, 1.82) is 0 Å². The molecule has 0 aliphatic heterocycles. The summed E-state index contributed by atoms with van der Waals surface area (Å²) >= 11 is 1.65. The second-order valence-electron chi connectivity index (χ2n) is 4.47. The summed E-state index contributed by atoms with van der Waals surface area (Å²) in [6.45, 7) is 2.01. The molecular formula is C14H15N3OS. The van der Waals surface area contributed by atoms with E-state index in [9.17, 15) is 0 Å². The molecule has 1 atom stereocenters. The predicted octanol–water partition coefficient (Wildman–Crippen LogP) is 2.94. The van der Waals surface area contributed by atoms with Gasteiger partial charge in [-0.15, -0.1) is 11.3 Å². The second kappa shape index (κ2) is 5.13. The maximum atomic E-state index is 5.69.